The quantitative estimate of drug-likeness (QED) is 0.796. The van der Waals surface area contributed by atoms with Crippen LogP contribution in [0.5, 0.6) is 0 Å². The zero-order chi connectivity index (χ0) is 18.1. The van der Waals surface area contributed by atoms with E-state index < -0.39 is 0 Å². The van der Waals surface area contributed by atoms with E-state index in [4.69, 9.17) is 0 Å². The van der Waals surface area contributed by atoms with Gasteiger partial charge in [-0.05, 0) is 45.4 Å². The van der Waals surface area contributed by atoms with E-state index >= 15 is 0 Å². The molecule has 0 saturated heterocycles. The van der Waals surface area contributed by atoms with Gasteiger partial charge < -0.3 is 10.6 Å². The second-order valence-electron chi connectivity index (χ2n) is 6.54. The molecule has 0 spiro atoms. The topological polar surface area (TPSA) is 100 Å². The highest BCUT2D eigenvalue weighted by molar-refractivity contribution is 5.90. The lowest BCUT2D eigenvalue weighted by Gasteiger charge is -2.26. The summed E-state index contributed by atoms with van der Waals surface area (Å²) in [5, 5.41) is 34.0. The van der Waals surface area contributed by atoms with Crippen molar-refractivity contribution in [2.75, 3.05) is 5.32 Å². The minimum absolute atomic E-state index is 0.252. The van der Waals surface area contributed by atoms with Gasteiger partial charge >= 0.3 is 0 Å². The molecule has 0 radical (unpaired) electrons. The summed E-state index contributed by atoms with van der Waals surface area (Å²) < 4.78 is 0. The minimum Gasteiger partial charge on any atom is -0.366 e. The van der Waals surface area contributed by atoms with Gasteiger partial charge in [0.15, 0.2) is 5.82 Å². The average Bonchev–Trinajstić information content (AvgIpc) is 2.96. The van der Waals surface area contributed by atoms with Crippen LogP contribution >= 0.6 is 0 Å². The molecule has 126 valence electrons. The van der Waals surface area contributed by atoms with Gasteiger partial charge in [0.1, 0.15) is 0 Å². The van der Waals surface area contributed by atoms with E-state index in [2.05, 4.69) is 46.8 Å². The van der Waals surface area contributed by atoms with Gasteiger partial charge in [0.2, 0.25) is 0 Å². The monoisotopic (exact) mass is 332 g/mol. The molecule has 1 aromatic carbocycles. The Hall–Kier alpha value is -3.25. The van der Waals surface area contributed by atoms with E-state index in [9.17, 15) is 10.5 Å². The van der Waals surface area contributed by atoms with E-state index in [-0.39, 0.29) is 12.0 Å². The van der Waals surface area contributed by atoms with Crippen molar-refractivity contribution in [1.29, 1.82) is 10.5 Å². The smallest absolute Gasteiger partial charge is 0.155 e. The van der Waals surface area contributed by atoms with Crippen molar-refractivity contribution >= 4 is 16.7 Å². The Morgan fingerprint density at radius 2 is 1.76 bits per heavy atom. The number of nitrogens with zero attached hydrogens (tertiary/aromatic N) is 3. The molecule has 0 aliphatic carbocycles. The molecule has 0 fully saturated rings. The fourth-order valence-corrected chi connectivity index (χ4v) is 3.22. The summed E-state index contributed by atoms with van der Waals surface area (Å²) >= 11 is 0. The van der Waals surface area contributed by atoms with Crippen LogP contribution in [0.4, 0.5) is 5.82 Å². The summed E-state index contributed by atoms with van der Waals surface area (Å²) in [5.74, 6) is 0.418. The predicted molar refractivity (Wildman–Crippen MR) is 97.4 cm³/mol. The van der Waals surface area contributed by atoms with Crippen LogP contribution in [-0.4, -0.2) is 16.2 Å². The number of dihydropyridines is 1. The lowest BCUT2D eigenvalue weighted by Crippen LogP contribution is -2.23. The highest BCUT2D eigenvalue weighted by Crippen LogP contribution is 2.38. The van der Waals surface area contributed by atoms with Crippen molar-refractivity contribution in [3.63, 3.8) is 0 Å². The van der Waals surface area contributed by atoms with Crippen molar-refractivity contribution in [2.24, 2.45) is 0 Å². The number of hydrogen-bond donors (Lipinski definition) is 3. The first-order valence-corrected chi connectivity index (χ1v) is 8.19. The second-order valence-corrected chi connectivity index (χ2v) is 6.54. The number of rotatable bonds is 3. The lowest BCUT2D eigenvalue weighted by molar-refractivity contribution is 0.815. The molecule has 0 amide bonds. The Morgan fingerprint density at radius 1 is 1.12 bits per heavy atom. The maximum Gasteiger partial charge on any atom is 0.155 e. The summed E-state index contributed by atoms with van der Waals surface area (Å²) in [6, 6.07) is 10.7. The summed E-state index contributed by atoms with van der Waals surface area (Å²) in [4.78, 5) is 0. The SMILES string of the molecule is CC1=C(C#N)C(c2ccc3[nH]nc(NC(C)C)c3c2)C(C#N)=C(C)N1. The lowest BCUT2D eigenvalue weighted by atomic mass is 9.81. The second kappa shape index (κ2) is 6.33. The van der Waals surface area contributed by atoms with Crippen molar-refractivity contribution in [1.82, 2.24) is 15.5 Å². The van der Waals surface area contributed by atoms with Gasteiger partial charge in [-0.2, -0.15) is 15.6 Å². The molecular formula is C19H20N6. The number of benzene rings is 1. The molecule has 0 atom stereocenters. The molecule has 3 N–H and O–H groups in total. The molecule has 25 heavy (non-hydrogen) atoms. The van der Waals surface area contributed by atoms with Gasteiger partial charge in [-0.15, -0.1) is 0 Å². The number of nitrogens with one attached hydrogen (secondary N) is 3. The fraction of sp³-hybridized carbons (Fsp3) is 0.316. The Kier molecular flexibility index (Phi) is 4.21. The summed E-state index contributed by atoms with van der Waals surface area (Å²) in [5.41, 5.74) is 4.55. The van der Waals surface area contributed by atoms with Crippen LogP contribution in [0.15, 0.2) is 40.7 Å². The van der Waals surface area contributed by atoms with E-state index in [1.165, 1.54) is 0 Å². The van der Waals surface area contributed by atoms with Crippen LogP contribution in [-0.2, 0) is 0 Å². The molecule has 6 heteroatoms. The van der Waals surface area contributed by atoms with Crippen LogP contribution in [0.3, 0.4) is 0 Å². The maximum absolute atomic E-state index is 9.63. The molecule has 1 aliphatic heterocycles. The molecule has 6 nitrogen and oxygen atoms in total. The highest BCUT2D eigenvalue weighted by Gasteiger charge is 2.29. The third-order valence-electron chi connectivity index (χ3n) is 4.35. The molecular weight excluding hydrogens is 312 g/mol. The molecule has 1 aliphatic rings. The number of aromatic nitrogens is 2. The molecule has 1 aromatic heterocycles. The van der Waals surface area contributed by atoms with Crippen LogP contribution in [0, 0.1) is 22.7 Å². The van der Waals surface area contributed by atoms with Crippen LogP contribution < -0.4 is 10.6 Å². The van der Waals surface area contributed by atoms with Crippen molar-refractivity contribution in [2.45, 2.75) is 39.7 Å². The zero-order valence-electron chi connectivity index (χ0n) is 14.7. The first-order valence-electron chi connectivity index (χ1n) is 8.19. The van der Waals surface area contributed by atoms with Crippen molar-refractivity contribution < 1.29 is 0 Å². The minimum atomic E-state index is -0.359. The number of fused-ring (bicyclic) bond motifs is 1. The Balaban J connectivity index is 2.18. The first-order chi connectivity index (χ1) is 12.0. The van der Waals surface area contributed by atoms with Crippen LogP contribution in [0.2, 0.25) is 0 Å². The predicted octanol–water partition coefficient (Wildman–Crippen LogP) is 3.67. The van der Waals surface area contributed by atoms with Gasteiger partial charge in [0, 0.05) is 22.8 Å². The summed E-state index contributed by atoms with van der Waals surface area (Å²) in [6.07, 6.45) is 0. The van der Waals surface area contributed by atoms with Gasteiger partial charge in [0.25, 0.3) is 0 Å². The molecule has 2 aromatic rings. The molecule has 2 heterocycles. The van der Waals surface area contributed by atoms with E-state index in [1.54, 1.807) is 0 Å². The standard InChI is InChI=1S/C19H20N6/c1-10(2)22-19-14-7-13(5-6-17(14)24-25-19)18-15(8-20)11(3)23-12(4)16(18)9-21/h5-7,10,18,23H,1-4H3,(H2,22,24,25). The molecule has 3 rings (SSSR count). The van der Waals surface area contributed by atoms with Crippen LogP contribution in [0.1, 0.15) is 39.2 Å². The largest absolute Gasteiger partial charge is 0.366 e. The van der Waals surface area contributed by atoms with E-state index in [1.807, 2.05) is 32.0 Å². The molecule has 0 unspecified atom stereocenters. The number of anilines is 1. The van der Waals surface area contributed by atoms with Gasteiger partial charge in [0.05, 0.1) is 34.7 Å². The Morgan fingerprint density at radius 3 is 2.32 bits per heavy atom. The first kappa shape index (κ1) is 16.6. The summed E-state index contributed by atoms with van der Waals surface area (Å²) in [6.45, 7) is 7.84. The van der Waals surface area contributed by atoms with E-state index in [0.29, 0.717) is 11.1 Å². The maximum atomic E-state index is 9.63. The van der Waals surface area contributed by atoms with Crippen LogP contribution in [0.25, 0.3) is 10.9 Å². The molecule has 0 saturated carbocycles. The zero-order valence-corrected chi connectivity index (χ0v) is 14.7. The number of allylic oxidation sites excluding steroid dienone is 4. The van der Waals surface area contributed by atoms with Crippen molar-refractivity contribution in [3.05, 3.63) is 46.3 Å². The number of hydrogen-bond acceptors (Lipinski definition) is 5. The average molecular weight is 332 g/mol. The Bertz CT molecular complexity index is 941. The third-order valence-corrected chi connectivity index (χ3v) is 4.35. The van der Waals surface area contributed by atoms with Gasteiger partial charge in [-0.1, -0.05) is 6.07 Å². The number of aromatic amines is 1. The van der Waals surface area contributed by atoms with E-state index in [0.717, 1.165) is 33.7 Å². The van der Waals surface area contributed by atoms with Crippen molar-refractivity contribution in [3.8, 4) is 12.1 Å². The highest BCUT2D eigenvalue weighted by atomic mass is 15.2. The Labute approximate surface area is 146 Å². The normalized spacial score (nSPS) is 15.3. The van der Waals surface area contributed by atoms with Gasteiger partial charge in [-0.3, -0.25) is 5.10 Å². The number of nitriles is 2. The molecule has 0 bridgehead atoms. The van der Waals surface area contributed by atoms with Gasteiger partial charge in [-0.25, -0.2) is 0 Å². The number of H-pyrrole nitrogens is 1. The summed E-state index contributed by atoms with van der Waals surface area (Å²) in [7, 11) is 0. The third kappa shape index (κ3) is 2.83. The fourth-order valence-electron chi connectivity index (χ4n) is 3.22.